The molecule has 52 valence electrons. The lowest BCUT2D eigenvalue weighted by atomic mass is 9.88. The van der Waals surface area contributed by atoms with Gasteiger partial charge in [0.2, 0.25) is 0 Å². The van der Waals surface area contributed by atoms with E-state index in [1.165, 1.54) is 19.3 Å². The van der Waals surface area contributed by atoms with Gasteiger partial charge < -0.3 is 5.11 Å². The lowest BCUT2D eigenvalue weighted by Crippen LogP contribution is -2.24. The second kappa shape index (κ2) is 1.72. The first-order valence-electron chi connectivity index (χ1n) is 3.97. The van der Waals surface area contributed by atoms with Crippen molar-refractivity contribution in [3.05, 3.63) is 0 Å². The standard InChI is InChI=1S/C8H14O/c1-5-6-2-3-7(4-6)8(5)9/h5-9H,2-4H2,1H3/t5-,6+,7-,8-/m1/s1. The third-order valence-electron chi connectivity index (χ3n) is 3.28. The van der Waals surface area contributed by atoms with Crippen LogP contribution in [0.1, 0.15) is 26.2 Å². The molecule has 2 aliphatic carbocycles. The first-order valence-corrected chi connectivity index (χ1v) is 3.97. The minimum Gasteiger partial charge on any atom is -0.393 e. The molecule has 1 nitrogen and oxygen atoms in total. The molecule has 2 rings (SSSR count). The van der Waals surface area contributed by atoms with E-state index in [0.29, 0.717) is 11.8 Å². The second-order valence-electron chi connectivity index (χ2n) is 3.68. The van der Waals surface area contributed by atoms with E-state index < -0.39 is 0 Å². The maximum absolute atomic E-state index is 9.49. The average molecular weight is 126 g/mol. The van der Waals surface area contributed by atoms with Crippen LogP contribution >= 0.6 is 0 Å². The minimum atomic E-state index is 0.0451. The van der Waals surface area contributed by atoms with Crippen molar-refractivity contribution in [2.24, 2.45) is 17.8 Å². The third-order valence-corrected chi connectivity index (χ3v) is 3.28. The Morgan fingerprint density at radius 3 is 2.22 bits per heavy atom. The SMILES string of the molecule is C[C@@H]1[C@H]2CC[C@H](C2)[C@@H]1O. The summed E-state index contributed by atoms with van der Waals surface area (Å²) in [5.41, 5.74) is 0. The highest BCUT2D eigenvalue weighted by Gasteiger charge is 2.43. The zero-order chi connectivity index (χ0) is 6.43. The van der Waals surface area contributed by atoms with Gasteiger partial charge in [0.1, 0.15) is 0 Å². The summed E-state index contributed by atoms with van der Waals surface area (Å²) in [6.45, 7) is 2.19. The molecule has 0 aromatic carbocycles. The molecule has 0 unspecified atom stereocenters. The minimum absolute atomic E-state index is 0.0451. The Morgan fingerprint density at radius 2 is 1.89 bits per heavy atom. The second-order valence-corrected chi connectivity index (χ2v) is 3.68. The molecule has 0 radical (unpaired) electrons. The Balaban J connectivity index is 2.15. The molecule has 2 fully saturated rings. The molecular weight excluding hydrogens is 112 g/mol. The van der Waals surface area contributed by atoms with Crippen molar-refractivity contribution >= 4 is 0 Å². The van der Waals surface area contributed by atoms with Gasteiger partial charge in [-0.3, -0.25) is 0 Å². The Hall–Kier alpha value is -0.0400. The van der Waals surface area contributed by atoms with Crippen LogP contribution in [0.2, 0.25) is 0 Å². The van der Waals surface area contributed by atoms with Gasteiger partial charge in [-0.05, 0) is 37.0 Å². The van der Waals surface area contributed by atoms with Gasteiger partial charge in [-0.15, -0.1) is 0 Å². The molecule has 2 bridgehead atoms. The summed E-state index contributed by atoms with van der Waals surface area (Å²) in [5, 5.41) is 9.49. The van der Waals surface area contributed by atoms with E-state index in [-0.39, 0.29) is 6.10 Å². The van der Waals surface area contributed by atoms with E-state index in [9.17, 15) is 5.11 Å². The fourth-order valence-electron chi connectivity index (χ4n) is 2.55. The number of aliphatic hydroxyl groups excluding tert-OH is 1. The van der Waals surface area contributed by atoms with Crippen LogP contribution in [0.4, 0.5) is 0 Å². The molecule has 0 heterocycles. The highest BCUT2D eigenvalue weighted by molar-refractivity contribution is 4.94. The van der Waals surface area contributed by atoms with Crippen LogP contribution in [-0.2, 0) is 0 Å². The van der Waals surface area contributed by atoms with Crippen molar-refractivity contribution < 1.29 is 5.11 Å². The van der Waals surface area contributed by atoms with Crippen LogP contribution in [-0.4, -0.2) is 11.2 Å². The third kappa shape index (κ3) is 0.644. The molecule has 0 aliphatic heterocycles. The Bertz CT molecular complexity index is 104. The topological polar surface area (TPSA) is 20.2 Å². The maximum atomic E-state index is 9.49. The predicted molar refractivity (Wildman–Crippen MR) is 36.0 cm³/mol. The van der Waals surface area contributed by atoms with Gasteiger partial charge in [-0.2, -0.15) is 0 Å². The van der Waals surface area contributed by atoms with Crippen molar-refractivity contribution in [3.63, 3.8) is 0 Å². The van der Waals surface area contributed by atoms with E-state index in [1.54, 1.807) is 0 Å². The molecule has 0 aromatic rings. The summed E-state index contributed by atoms with van der Waals surface area (Å²) in [4.78, 5) is 0. The lowest BCUT2D eigenvalue weighted by molar-refractivity contribution is 0.0677. The van der Waals surface area contributed by atoms with E-state index in [2.05, 4.69) is 6.92 Å². The monoisotopic (exact) mass is 126 g/mol. The highest BCUT2D eigenvalue weighted by atomic mass is 16.3. The number of rotatable bonds is 0. The summed E-state index contributed by atoms with van der Waals surface area (Å²) < 4.78 is 0. The smallest absolute Gasteiger partial charge is 0.0596 e. The van der Waals surface area contributed by atoms with Crippen molar-refractivity contribution in [1.82, 2.24) is 0 Å². The van der Waals surface area contributed by atoms with Gasteiger partial charge in [0.25, 0.3) is 0 Å². The zero-order valence-electron chi connectivity index (χ0n) is 5.88. The van der Waals surface area contributed by atoms with Crippen LogP contribution < -0.4 is 0 Å². The fraction of sp³-hybridized carbons (Fsp3) is 1.00. The molecular formula is C8H14O. The van der Waals surface area contributed by atoms with Crippen LogP contribution in [0.5, 0.6) is 0 Å². The maximum Gasteiger partial charge on any atom is 0.0596 e. The van der Waals surface area contributed by atoms with Crippen molar-refractivity contribution in [3.8, 4) is 0 Å². The van der Waals surface area contributed by atoms with Crippen LogP contribution in [0.3, 0.4) is 0 Å². The first-order chi connectivity index (χ1) is 4.29. The molecule has 2 aliphatic rings. The first kappa shape index (κ1) is 5.72. The fourth-order valence-corrected chi connectivity index (χ4v) is 2.55. The quantitative estimate of drug-likeness (QED) is 0.520. The molecule has 0 aromatic heterocycles. The Labute approximate surface area is 56.1 Å². The number of aliphatic hydroxyl groups is 1. The summed E-state index contributed by atoms with van der Waals surface area (Å²) in [7, 11) is 0. The molecule has 9 heavy (non-hydrogen) atoms. The average Bonchev–Trinajstić information content (AvgIpc) is 2.37. The van der Waals surface area contributed by atoms with Crippen LogP contribution in [0.25, 0.3) is 0 Å². The largest absolute Gasteiger partial charge is 0.393 e. The van der Waals surface area contributed by atoms with Gasteiger partial charge in [-0.1, -0.05) is 6.92 Å². The summed E-state index contributed by atoms with van der Waals surface area (Å²) in [6, 6.07) is 0. The van der Waals surface area contributed by atoms with Gasteiger partial charge in [0.15, 0.2) is 0 Å². The Morgan fingerprint density at radius 1 is 1.22 bits per heavy atom. The molecule has 4 atom stereocenters. The van der Waals surface area contributed by atoms with E-state index in [4.69, 9.17) is 0 Å². The Kier molecular flexibility index (Phi) is 1.10. The summed E-state index contributed by atoms with van der Waals surface area (Å²) in [6.07, 6.45) is 4.02. The molecule has 1 N–H and O–H groups in total. The summed E-state index contributed by atoms with van der Waals surface area (Å²) in [5.74, 6) is 2.14. The van der Waals surface area contributed by atoms with Gasteiger partial charge >= 0.3 is 0 Å². The number of hydrogen-bond donors (Lipinski definition) is 1. The van der Waals surface area contributed by atoms with Gasteiger partial charge in [-0.25, -0.2) is 0 Å². The number of fused-ring (bicyclic) bond motifs is 2. The van der Waals surface area contributed by atoms with Crippen molar-refractivity contribution in [2.45, 2.75) is 32.3 Å². The predicted octanol–water partition coefficient (Wildman–Crippen LogP) is 1.41. The van der Waals surface area contributed by atoms with E-state index >= 15 is 0 Å². The molecule has 2 saturated carbocycles. The normalized spacial score (nSPS) is 56.7. The molecule has 0 saturated heterocycles. The van der Waals surface area contributed by atoms with Gasteiger partial charge in [0, 0.05) is 0 Å². The lowest BCUT2D eigenvalue weighted by Gasteiger charge is -2.22. The van der Waals surface area contributed by atoms with Crippen molar-refractivity contribution in [2.75, 3.05) is 0 Å². The van der Waals surface area contributed by atoms with E-state index in [1.807, 2.05) is 0 Å². The molecule has 1 heteroatoms. The zero-order valence-corrected chi connectivity index (χ0v) is 5.88. The van der Waals surface area contributed by atoms with Crippen molar-refractivity contribution in [1.29, 1.82) is 0 Å². The molecule has 0 spiro atoms. The van der Waals surface area contributed by atoms with E-state index in [0.717, 1.165) is 5.92 Å². The van der Waals surface area contributed by atoms with Crippen LogP contribution in [0.15, 0.2) is 0 Å². The van der Waals surface area contributed by atoms with Crippen LogP contribution in [0, 0.1) is 17.8 Å². The summed E-state index contributed by atoms with van der Waals surface area (Å²) >= 11 is 0. The van der Waals surface area contributed by atoms with Gasteiger partial charge in [0.05, 0.1) is 6.10 Å². The molecule has 0 amide bonds. The number of hydrogen-bond acceptors (Lipinski definition) is 1. The highest BCUT2D eigenvalue weighted by Crippen LogP contribution is 2.47.